The molecule has 0 saturated carbocycles. The number of nitrogens with zero attached hydrogens (tertiary/aromatic N) is 3. The molecule has 1 aliphatic heterocycles. The average molecular weight is 271 g/mol. The first-order valence-corrected chi connectivity index (χ1v) is 6.76. The SMILES string of the molecule is O=C(Cn1cc(-c2ccccc2)cn1)N1CCOCC1. The Morgan fingerprint density at radius 3 is 2.65 bits per heavy atom. The smallest absolute Gasteiger partial charge is 0.244 e. The third kappa shape index (κ3) is 2.88. The molecule has 1 aromatic heterocycles. The molecule has 1 aliphatic rings. The zero-order chi connectivity index (χ0) is 13.8. The largest absolute Gasteiger partial charge is 0.378 e. The van der Waals surface area contributed by atoms with Crippen LogP contribution >= 0.6 is 0 Å². The summed E-state index contributed by atoms with van der Waals surface area (Å²) in [6, 6.07) is 10.0. The number of carbonyl (C=O) groups is 1. The van der Waals surface area contributed by atoms with Gasteiger partial charge < -0.3 is 9.64 Å². The Balaban J connectivity index is 1.66. The van der Waals surface area contributed by atoms with Gasteiger partial charge >= 0.3 is 0 Å². The molecule has 1 fully saturated rings. The third-order valence-corrected chi connectivity index (χ3v) is 3.40. The van der Waals surface area contributed by atoms with E-state index in [1.54, 1.807) is 10.9 Å². The minimum absolute atomic E-state index is 0.0935. The summed E-state index contributed by atoms with van der Waals surface area (Å²) >= 11 is 0. The predicted molar refractivity (Wildman–Crippen MR) is 75.1 cm³/mol. The molecule has 0 N–H and O–H groups in total. The van der Waals surface area contributed by atoms with E-state index in [-0.39, 0.29) is 12.5 Å². The lowest BCUT2D eigenvalue weighted by Crippen LogP contribution is -2.42. The molecule has 0 spiro atoms. The highest BCUT2D eigenvalue weighted by Crippen LogP contribution is 2.17. The van der Waals surface area contributed by atoms with Gasteiger partial charge in [0.25, 0.3) is 0 Å². The second-order valence-electron chi connectivity index (χ2n) is 4.79. The van der Waals surface area contributed by atoms with Crippen molar-refractivity contribution >= 4 is 5.91 Å². The predicted octanol–water partition coefficient (Wildman–Crippen LogP) is 1.41. The summed E-state index contributed by atoms with van der Waals surface area (Å²) in [5.41, 5.74) is 2.14. The molecule has 20 heavy (non-hydrogen) atoms. The molecular weight excluding hydrogens is 254 g/mol. The van der Waals surface area contributed by atoms with Gasteiger partial charge in [0.1, 0.15) is 6.54 Å². The summed E-state index contributed by atoms with van der Waals surface area (Å²) in [4.78, 5) is 13.9. The fourth-order valence-corrected chi connectivity index (χ4v) is 2.28. The lowest BCUT2D eigenvalue weighted by atomic mass is 10.1. The van der Waals surface area contributed by atoms with Gasteiger partial charge in [-0.15, -0.1) is 0 Å². The van der Waals surface area contributed by atoms with E-state index in [0.717, 1.165) is 11.1 Å². The Morgan fingerprint density at radius 2 is 1.90 bits per heavy atom. The zero-order valence-electron chi connectivity index (χ0n) is 11.2. The minimum atomic E-state index is 0.0935. The number of hydrogen-bond donors (Lipinski definition) is 0. The zero-order valence-corrected chi connectivity index (χ0v) is 11.2. The van der Waals surface area contributed by atoms with E-state index < -0.39 is 0 Å². The number of rotatable bonds is 3. The topological polar surface area (TPSA) is 47.4 Å². The summed E-state index contributed by atoms with van der Waals surface area (Å²) in [6.45, 7) is 2.88. The van der Waals surface area contributed by atoms with Crippen LogP contribution in [-0.4, -0.2) is 46.9 Å². The van der Waals surface area contributed by atoms with Gasteiger partial charge in [0.2, 0.25) is 5.91 Å². The molecule has 0 bridgehead atoms. The number of carbonyl (C=O) groups excluding carboxylic acids is 1. The van der Waals surface area contributed by atoms with Crippen LogP contribution in [0.1, 0.15) is 0 Å². The Morgan fingerprint density at radius 1 is 1.15 bits per heavy atom. The van der Waals surface area contributed by atoms with Gasteiger partial charge in [-0.3, -0.25) is 9.48 Å². The molecule has 0 atom stereocenters. The van der Waals surface area contributed by atoms with Crippen molar-refractivity contribution in [1.82, 2.24) is 14.7 Å². The molecule has 1 saturated heterocycles. The summed E-state index contributed by atoms with van der Waals surface area (Å²) in [5, 5.41) is 4.27. The van der Waals surface area contributed by atoms with Gasteiger partial charge in [0, 0.05) is 24.8 Å². The van der Waals surface area contributed by atoms with Crippen LogP contribution < -0.4 is 0 Å². The fourth-order valence-electron chi connectivity index (χ4n) is 2.28. The van der Waals surface area contributed by atoms with E-state index in [4.69, 9.17) is 4.74 Å². The Hall–Kier alpha value is -2.14. The molecule has 2 aromatic rings. The van der Waals surface area contributed by atoms with E-state index >= 15 is 0 Å². The summed E-state index contributed by atoms with van der Waals surface area (Å²) in [5.74, 6) is 0.0935. The molecular formula is C15H17N3O2. The maximum atomic E-state index is 12.1. The number of hydrogen-bond acceptors (Lipinski definition) is 3. The molecule has 0 unspecified atom stereocenters. The molecule has 1 amide bonds. The van der Waals surface area contributed by atoms with Gasteiger partial charge in [-0.05, 0) is 5.56 Å². The van der Waals surface area contributed by atoms with Crippen molar-refractivity contribution in [3.05, 3.63) is 42.7 Å². The average Bonchev–Trinajstić information content (AvgIpc) is 2.97. The van der Waals surface area contributed by atoms with Crippen LogP contribution in [-0.2, 0) is 16.1 Å². The van der Waals surface area contributed by atoms with Crippen molar-refractivity contribution in [2.45, 2.75) is 6.54 Å². The molecule has 0 radical (unpaired) electrons. The number of ether oxygens (including phenoxy) is 1. The Bertz CT molecular complexity index is 574. The van der Waals surface area contributed by atoms with Crippen molar-refractivity contribution in [3.63, 3.8) is 0 Å². The van der Waals surface area contributed by atoms with Crippen LogP contribution in [0, 0.1) is 0 Å². The molecule has 104 valence electrons. The van der Waals surface area contributed by atoms with Crippen LogP contribution in [0.5, 0.6) is 0 Å². The van der Waals surface area contributed by atoms with Crippen LogP contribution in [0.4, 0.5) is 0 Å². The van der Waals surface area contributed by atoms with Crippen LogP contribution in [0.2, 0.25) is 0 Å². The van der Waals surface area contributed by atoms with E-state index in [1.807, 2.05) is 41.4 Å². The second-order valence-corrected chi connectivity index (χ2v) is 4.79. The van der Waals surface area contributed by atoms with Gasteiger partial charge in [-0.25, -0.2) is 0 Å². The van der Waals surface area contributed by atoms with Crippen molar-refractivity contribution in [2.75, 3.05) is 26.3 Å². The summed E-state index contributed by atoms with van der Waals surface area (Å²) in [7, 11) is 0. The van der Waals surface area contributed by atoms with Crippen molar-refractivity contribution in [1.29, 1.82) is 0 Å². The third-order valence-electron chi connectivity index (χ3n) is 3.40. The Labute approximate surface area is 117 Å². The lowest BCUT2D eigenvalue weighted by Gasteiger charge is -2.26. The lowest BCUT2D eigenvalue weighted by molar-refractivity contribution is -0.136. The van der Waals surface area contributed by atoms with Gasteiger partial charge in [0.15, 0.2) is 0 Å². The molecule has 2 heterocycles. The molecule has 5 heteroatoms. The Kier molecular flexibility index (Phi) is 3.78. The highest BCUT2D eigenvalue weighted by atomic mass is 16.5. The molecule has 0 aliphatic carbocycles. The monoisotopic (exact) mass is 271 g/mol. The van der Waals surface area contributed by atoms with Gasteiger partial charge in [-0.1, -0.05) is 30.3 Å². The molecule has 1 aromatic carbocycles. The molecule has 5 nitrogen and oxygen atoms in total. The van der Waals surface area contributed by atoms with Gasteiger partial charge in [-0.2, -0.15) is 5.10 Å². The summed E-state index contributed by atoms with van der Waals surface area (Å²) in [6.07, 6.45) is 3.70. The van der Waals surface area contributed by atoms with Crippen LogP contribution in [0.15, 0.2) is 42.7 Å². The standard InChI is InChI=1S/C15H17N3O2/c19-15(17-6-8-20-9-7-17)12-18-11-14(10-16-18)13-4-2-1-3-5-13/h1-5,10-11H,6-9,12H2. The van der Waals surface area contributed by atoms with Crippen molar-refractivity contribution in [2.24, 2.45) is 0 Å². The first-order valence-electron chi connectivity index (χ1n) is 6.76. The number of morpholine rings is 1. The number of aromatic nitrogens is 2. The first kappa shape index (κ1) is 12.9. The maximum absolute atomic E-state index is 12.1. The fraction of sp³-hybridized carbons (Fsp3) is 0.333. The minimum Gasteiger partial charge on any atom is -0.378 e. The van der Waals surface area contributed by atoms with E-state index in [0.29, 0.717) is 26.3 Å². The highest BCUT2D eigenvalue weighted by Gasteiger charge is 2.17. The maximum Gasteiger partial charge on any atom is 0.244 e. The quantitative estimate of drug-likeness (QED) is 0.848. The van der Waals surface area contributed by atoms with Gasteiger partial charge in [0.05, 0.1) is 19.4 Å². The van der Waals surface area contributed by atoms with E-state index in [9.17, 15) is 4.79 Å². The van der Waals surface area contributed by atoms with Crippen LogP contribution in [0.3, 0.4) is 0 Å². The van der Waals surface area contributed by atoms with E-state index in [1.165, 1.54) is 0 Å². The van der Waals surface area contributed by atoms with Crippen molar-refractivity contribution < 1.29 is 9.53 Å². The second kappa shape index (κ2) is 5.88. The van der Waals surface area contributed by atoms with Crippen molar-refractivity contribution in [3.8, 4) is 11.1 Å². The molecule has 3 rings (SSSR count). The first-order chi connectivity index (χ1) is 9.83. The summed E-state index contributed by atoms with van der Waals surface area (Å²) < 4.78 is 6.94. The number of amides is 1. The van der Waals surface area contributed by atoms with E-state index in [2.05, 4.69) is 5.10 Å². The highest BCUT2D eigenvalue weighted by molar-refractivity contribution is 5.76. The van der Waals surface area contributed by atoms with Crippen LogP contribution in [0.25, 0.3) is 11.1 Å². The number of benzene rings is 1. The normalized spacial score (nSPS) is 15.3.